The fourth-order valence-corrected chi connectivity index (χ4v) is 2.62. The summed E-state index contributed by atoms with van der Waals surface area (Å²) in [5, 5.41) is 2.96. The van der Waals surface area contributed by atoms with E-state index in [0.29, 0.717) is 0 Å². The highest BCUT2D eigenvalue weighted by molar-refractivity contribution is 5.84. The standard InChI is InChI=1S/C11H20N2O2/c1-15-9-8-13-6-3-11(4-7-13)2-5-12-10(11)14/h2-9H2,1H3,(H,12,14). The third-order valence-electron chi connectivity index (χ3n) is 3.80. The number of piperidine rings is 1. The molecule has 0 aromatic carbocycles. The number of nitrogens with zero attached hydrogens (tertiary/aromatic N) is 1. The Kier molecular flexibility index (Phi) is 3.26. The van der Waals surface area contributed by atoms with Gasteiger partial charge in [-0.05, 0) is 32.4 Å². The molecule has 2 aliphatic heterocycles. The molecule has 0 radical (unpaired) electrons. The largest absolute Gasteiger partial charge is 0.383 e. The van der Waals surface area contributed by atoms with Gasteiger partial charge in [0, 0.05) is 20.2 Å². The van der Waals surface area contributed by atoms with E-state index in [1.54, 1.807) is 7.11 Å². The van der Waals surface area contributed by atoms with Gasteiger partial charge in [0.15, 0.2) is 0 Å². The van der Waals surface area contributed by atoms with Crippen LogP contribution in [0.4, 0.5) is 0 Å². The highest BCUT2D eigenvalue weighted by atomic mass is 16.5. The predicted molar refractivity (Wildman–Crippen MR) is 57.6 cm³/mol. The van der Waals surface area contributed by atoms with Crippen LogP contribution < -0.4 is 5.32 Å². The third kappa shape index (κ3) is 2.16. The number of methoxy groups -OCH3 is 1. The number of hydrogen-bond donors (Lipinski definition) is 1. The SMILES string of the molecule is COCCN1CCC2(CCNC2=O)CC1. The second kappa shape index (κ2) is 4.49. The Morgan fingerprint density at radius 3 is 2.67 bits per heavy atom. The number of hydrogen-bond acceptors (Lipinski definition) is 3. The molecule has 1 N–H and O–H groups in total. The molecule has 0 atom stereocenters. The maximum atomic E-state index is 11.7. The molecule has 86 valence electrons. The first-order valence-electron chi connectivity index (χ1n) is 5.76. The van der Waals surface area contributed by atoms with E-state index in [0.717, 1.165) is 52.0 Å². The van der Waals surface area contributed by atoms with Crippen molar-refractivity contribution in [2.45, 2.75) is 19.3 Å². The molecule has 2 aliphatic rings. The van der Waals surface area contributed by atoms with Crippen molar-refractivity contribution < 1.29 is 9.53 Å². The maximum absolute atomic E-state index is 11.7. The van der Waals surface area contributed by atoms with Crippen LogP contribution in [0.1, 0.15) is 19.3 Å². The maximum Gasteiger partial charge on any atom is 0.226 e. The molecule has 0 aliphatic carbocycles. The summed E-state index contributed by atoms with van der Waals surface area (Å²) >= 11 is 0. The first kappa shape index (κ1) is 10.9. The van der Waals surface area contributed by atoms with Gasteiger partial charge >= 0.3 is 0 Å². The number of ether oxygens (including phenoxy) is 1. The molecule has 0 aromatic rings. The van der Waals surface area contributed by atoms with Crippen LogP contribution in [-0.4, -0.2) is 50.7 Å². The summed E-state index contributed by atoms with van der Waals surface area (Å²) in [4.78, 5) is 14.1. The summed E-state index contributed by atoms with van der Waals surface area (Å²) in [7, 11) is 1.73. The Morgan fingerprint density at radius 2 is 2.13 bits per heavy atom. The van der Waals surface area contributed by atoms with Crippen molar-refractivity contribution >= 4 is 5.91 Å². The van der Waals surface area contributed by atoms with Crippen LogP contribution in [0.25, 0.3) is 0 Å². The molecule has 0 saturated carbocycles. The van der Waals surface area contributed by atoms with Gasteiger partial charge < -0.3 is 15.0 Å². The van der Waals surface area contributed by atoms with Crippen molar-refractivity contribution in [3.05, 3.63) is 0 Å². The van der Waals surface area contributed by atoms with Gasteiger partial charge in [-0.2, -0.15) is 0 Å². The third-order valence-corrected chi connectivity index (χ3v) is 3.80. The van der Waals surface area contributed by atoms with Crippen LogP contribution in [0.2, 0.25) is 0 Å². The Bertz CT molecular complexity index is 235. The van der Waals surface area contributed by atoms with Crippen molar-refractivity contribution in [2.75, 3.05) is 39.9 Å². The second-order valence-electron chi connectivity index (χ2n) is 4.62. The van der Waals surface area contributed by atoms with Crippen molar-refractivity contribution in [1.29, 1.82) is 0 Å². The molecular weight excluding hydrogens is 192 g/mol. The van der Waals surface area contributed by atoms with Crippen LogP contribution in [0.5, 0.6) is 0 Å². The van der Waals surface area contributed by atoms with Gasteiger partial charge in [0.1, 0.15) is 0 Å². The molecular formula is C11H20N2O2. The van der Waals surface area contributed by atoms with Crippen LogP contribution >= 0.6 is 0 Å². The lowest BCUT2D eigenvalue weighted by atomic mass is 9.77. The Labute approximate surface area is 91.0 Å². The molecule has 4 heteroatoms. The predicted octanol–water partition coefficient (Wildman–Crippen LogP) is 0.235. The Hall–Kier alpha value is -0.610. The lowest BCUT2D eigenvalue weighted by molar-refractivity contribution is -0.130. The summed E-state index contributed by atoms with van der Waals surface area (Å²) in [6.45, 7) is 4.73. The molecule has 0 aromatic heterocycles. The Balaban J connectivity index is 1.83. The molecule has 15 heavy (non-hydrogen) atoms. The fraction of sp³-hybridized carbons (Fsp3) is 0.909. The highest BCUT2D eigenvalue weighted by Gasteiger charge is 2.43. The monoisotopic (exact) mass is 212 g/mol. The van der Waals surface area contributed by atoms with Crippen LogP contribution in [-0.2, 0) is 9.53 Å². The summed E-state index contributed by atoms with van der Waals surface area (Å²) in [6, 6.07) is 0. The molecule has 0 bridgehead atoms. The van der Waals surface area contributed by atoms with Gasteiger partial charge in [-0.3, -0.25) is 4.79 Å². The lowest BCUT2D eigenvalue weighted by Crippen LogP contribution is -2.44. The molecule has 4 nitrogen and oxygen atoms in total. The summed E-state index contributed by atoms with van der Waals surface area (Å²) in [5.74, 6) is 0.286. The van der Waals surface area contributed by atoms with E-state index in [9.17, 15) is 4.79 Å². The van der Waals surface area contributed by atoms with Gasteiger partial charge in [-0.25, -0.2) is 0 Å². The number of carbonyl (C=O) groups is 1. The zero-order chi connectivity index (χ0) is 10.7. The molecule has 0 unspecified atom stereocenters. The minimum Gasteiger partial charge on any atom is -0.383 e. The number of carbonyl (C=O) groups excluding carboxylic acids is 1. The summed E-state index contributed by atoms with van der Waals surface area (Å²) < 4.78 is 5.06. The average Bonchev–Trinajstić information content (AvgIpc) is 2.60. The van der Waals surface area contributed by atoms with E-state index in [1.807, 2.05) is 0 Å². The van der Waals surface area contributed by atoms with E-state index in [1.165, 1.54) is 0 Å². The van der Waals surface area contributed by atoms with Gasteiger partial charge in [0.05, 0.1) is 12.0 Å². The number of likely N-dealkylation sites (tertiary alicyclic amines) is 1. The number of rotatable bonds is 3. The number of amides is 1. The molecule has 2 saturated heterocycles. The zero-order valence-corrected chi connectivity index (χ0v) is 9.42. The topological polar surface area (TPSA) is 41.6 Å². The lowest BCUT2D eigenvalue weighted by Gasteiger charge is -2.37. The molecule has 1 spiro atoms. The average molecular weight is 212 g/mol. The smallest absolute Gasteiger partial charge is 0.226 e. The van der Waals surface area contributed by atoms with Crippen molar-refractivity contribution in [1.82, 2.24) is 10.2 Å². The summed E-state index contributed by atoms with van der Waals surface area (Å²) in [5.41, 5.74) is -0.0242. The zero-order valence-electron chi connectivity index (χ0n) is 9.42. The van der Waals surface area contributed by atoms with Gasteiger partial charge in [-0.1, -0.05) is 0 Å². The van der Waals surface area contributed by atoms with Crippen LogP contribution in [0.3, 0.4) is 0 Å². The van der Waals surface area contributed by atoms with Crippen molar-refractivity contribution in [3.8, 4) is 0 Å². The highest BCUT2D eigenvalue weighted by Crippen LogP contribution is 2.37. The van der Waals surface area contributed by atoms with Gasteiger partial charge in [0.2, 0.25) is 5.91 Å². The molecule has 1 amide bonds. The molecule has 2 rings (SSSR count). The van der Waals surface area contributed by atoms with E-state index in [4.69, 9.17) is 4.74 Å². The van der Waals surface area contributed by atoms with Gasteiger partial charge in [-0.15, -0.1) is 0 Å². The normalized spacial score (nSPS) is 25.8. The Morgan fingerprint density at radius 1 is 1.40 bits per heavy atom. The second-order valence-corrected chi connectivity index (χ2v) is 4.62. The quantitative estimate of drug-likeness (QED) is 0.728. The van der Waals surface area contributed by atoms with Crippen molar-refractivity contribution in [3.63, 3.8) is 0 Å². The van der Waals surface area contributed by atoms with E-state index in [2.05, 4.69) is 10.2 Å². The minimum atomic E-state index is -0.0242. The first-order valence-corrected chi connectivity index (χ1v) is 5.76. The van der Waals surface area contributed by atoms with E-state index >= 15 is 0 Å². The molecule has 2 fully saturated rings. The van der Waals surface area contributed by atoms with E-state index in [-0.39, 0.29) is 11.3 Å². The molecule has 2 heterocycles. The van der Waals surface area contributed by atoms with Crippen LogP contribution in [0, 0.1) is 5.41 Å². The first-order chi connectivity index (χ1) is 7.27. The van der Waals surface area contributed by atoms with Crippen molar-refractivity contribution in [2.24, 2.45) is 5.41 Å². The van der Waals surface area contributed by atoms with Gasteiger partial charge in [0.25, 0.3) is 0 Å². The van der Waals surface area contributed by atoms with E-state index < -0.39 is 0 Å². The number of nitrogens with one attached hydrogen (secondary N) is 1. The summed E-state index contributed by atoms with van der Waals surface area (Å²) in [6.07, 6.45) is 3.06. The minimum absolute atomic E-state index is 0.0242. The van der Waals surface area contributed by atoms with Crippen LogP contribution in [0.15, 0.2) is 0 Å². The fourth-order valence-electron chi connectivity index (χ4n) is 2.62.